The van der Waals surface area contributed by atoms with Crippen molar-refractivity contribution in [3.8, 4) is 5.88 Å². The zero-order valence-corrected chi connectivity index (χ0v) is 18.2. The fourth-order valence-electron chi connectivity index (χ4n) is 3.68. The second kappa shape index (κ2) is 8.30. The molecule has 1 aliphatic heterocycles. The molecular formula is C22H30N6O3. The Balaban J connectivity index is 1.68. The van der Waals surface area contributed by atoms with Crippen molar-refractivity contribution in [1.82, 2.24) is 19.9 Å². The summed E-state index contributed by atoms with van der Waals surface area (Å²) in [5.41, 5.74) is 7.79. The van der Waals surface area contributed by atoms with E-state index in [9.17, 15) is 9.90 Å². The number of pyridine rings is 1. The molecule has 9 nitrogen and oxygen atoms in total. The number of carbonyl (C=O) groups is 1. The minimum atomic E-state index is -0.910. The lowest BCUT2D eigenvalue weighted by Gasteiger charge is -2.20. The van der Waals surface area contributed by atoms with E-state index in [2.05, 4.69) is 19.9 Å². The summed E-state index contributed by atoms with van der Waals surface area (Å²) in [5.74, 6) is 0.619. The molecule has 2 aromatic heterocycles. The third kappa shape index (κ3) is 4.87. The van der Waals surface area contributed by atoms with E-state index < -0.39 is 5.60 Å². The predicted octanol–water partition coefficient (Wildman–Crippen LogP) is 1.81. The quantitative estimate of drug-likeness (QED) is 0.553. The molecule has 1 saturated carbocycles. The van der Waals surface area contributed by atoms with Crippen LogP contribution in [0.25, 0.3) is 16.6 Å². The van der Waals surface area contributed by atoms with E-state index in [1.807, 2.05) is 19.3 Å². The molecule has 2 aliphatic rings. The maximum absolute atomic E-state index is 11.6. The van der Waals surface area contributed by atoms with Gasteiger partial charge in [-0.25, -0.2) is 9.97 Å². The number of fused-ring (bicyclic) bond motifs is 1. The molecular weight excluding hydrogens is 396 g/mol. The van der Waals surface area contributed by atoms with Crippen molar-refractivity contribution in [1.29, 1.82) is 0 Å². The molecule has 0 radical (unpaired) electrons. The van der Waals surface area contributed by atoms with Gasteiger partial charge in [-0.15, -0.1) is 0 Å². The molecule has 1 amide bonds. The van der Waals surface area contributed by atoms with Gasteiger partial charge in [-0.3, -0.25) is 9.79 Å². The number of aromatic nitrogens is 3. The standard InChI is InChI=1S/C22H30N6O3/c1-13(14-6-19(29)25-10-14)31-21-20-18(26-12-28(20)16-4-5-16)7-17(27-21)15(8-23)9-24-11-22(2,3)30/h7-9,12-14,16,30H,4-6,10-11,23H2,1-3H3,(H,25,29)/t13-,14-/m1/s1. The molecule has 0 spiro atoms. The highest BCUT2D eigenvalue weighted by Gasteiger charge is 2.31. The van der Waals surface area contributed by atoms with Crippen molar-refractivity contribution in [2.75, 3.05) is 13.1 Å². The summed E-state index contributed by atoms with van der Waals surface area (Å²) in [5, 5.41) is 12.8. The number of imidazole rings is 1. The third-order valence-corrected chi connectivity index (χ3v) is 5.61. The van der Waals surface area contributed by atoms with E-state index in [0.717, 1.165) is 23.9 Å². The molecule has 2 fully saturated rings. The summed E-state index contributed by atoms with van der Waals surface area (Å²) in [6.07, 6.45) is 7.36. The second-order valence-electron chi connectivity index (χ2n) is 9.06. The van der Waals surface area contributed by atoms with Crippen LogP contribution in [0.2, 0.25) is 0 Å². The molecule has 4 N–H and O–H groups in total. The highest BCUT2D eigenvalue weighted by atomic mass is 16.5. The predicted molar refractivity (Wildman–Crippen MR) is 119 cm³/mol. The molecule has 2 atom stereocenters. The van der Waals surface area contributed by atoms with Crippen LogP contribution >= 0.6 is 0 Å². The molecule has 1 saturated heterocycles. The summed E-state index contributed by atoms with van der Waals surface area (Å²) in [7, 11) is 0. The number of nitrogens with zero attached hydrogens (tertiary/aromatic N) is 4. The van der Waals surface area contributed by atoms with E-state index in [0.29, 0.717) is 36.2 Å². The number of hydrogen-bond donors (Lipinski definition) is 3. The van der Waals surface area contributed by atoms with Gasteiger partial charge in [0, 0.05) is 42.9 Å². The van der Waals surface area contributed by atoms with E-state index >= 15 is 0 Å². The fraction of sp³-hybridized carbons (Fsp3) is 0.545. The van der Waals surface area contributed by atoms with Crippen molar-refractivity contribution in [3.63, 3.8) is 0 Å². The number of ether oxygens (including phenoxy) is 1. The molecule has 0 unspecified atom stereocenters. The Bertz CT molecular complexity index is 1030. The van der Waals surface area contributed by atoms with Gasteiger partial charge >= 0.3 is 0 Å². The molecule has 9 heteroatoms. The number of aliphatic hydroxyl groups is 1. The van der Waals surface area contributed by atoms with Gasteiger partial charge in [0.25, 0.3) is 0 Å². The molecule has 0 aromatic carbocycles. The summed E-state index contributed by atoms with van der Waals surface area (Å²) in [6, 6.07) is 2.30. The van der Waals surface area contributed by atoms with Gasteiger partial charge in [-0.1, -0.05) is 0 Å². The van der Waals surface area contributed by atoms with E-state index in [1.165, 1.54) is 6.20 Å². The Hall–Kier alpha value is -2.94. The van der Waals surface area contributed by atoms with Crippen LogP contribution in [-0.2, 0) is 4.79 Å². The van der Waals surface area contributed by atoms with Gasteiger partial charge in [0.05, 0.1) is 29.7 Å². The number of aliphatic imine (C=N–C) groups is 1. The number of rotatable bonds is 8. The zero-order chi connectivity index (χ0) is 22.2. The number of nitrogens with one attached hydrogen (secondary N) is 1. The smallest absolute Gasteiger partial charge is 0.241 e. The Labute approximate surface area is 181 Å². The first-order valence-electron chi connectivity index (χ1n) is 10.7. The van der Waals surface area contributed by atoms with Crippen molar-refractivity contribution in [3.05, 3.63) is 24.3 Å². The number of hydrogen-bond acceptors (Lipinski definition) is 7. The van der Waals surface area contributed by atoms with Gasteiger partial charge in [0.15, 0.2) is 0 Å². The van der Waals surface area contributed by atoms with E-state index in [1.54, 1.807) is 20.1 Å². The Morgan fingerprint density at radius 2 is 2.29 bits per heavy atom. The molecule has 4 rings (SSSR count). The lowest BCUT2D eigenvalue weighted by atomic mass is 10.0. The highest BCUT2D eigenvalue weighted by Crippen LogP contribution is 2.40. The van der Waals surface area contributed by atoms with Gasteiger partial charge < -0.3 is 25.5 Å². The van der Waals surface area contributed by atoms with Crippen LogP contribution in [-0.4, -0.2) is 56.6 Å². The Morgan fingerprint density at radius 3 is 2.90 bits per heavy atom. The van der Waals surface area contributed by atoms with E-state index in [4.69, 9.17) is 15.5 Å². The molecule has 2 aromatic rings. The summed E-state index contributed by atoms with van der Waals surface area (Å²) >= 11 is 0. The number of carbonyl (C=O) groups excluding carboxylic acids is 1. The van der Waals surface area contributed by atoms with Crippen molar-refractivity contribution >= 4 is 28.7 Å². The van der Waals surface area contributed by atoms with Gasteiger partial charge in [-0.2, -0.15) is 0 Å². The number of amides is 1. The maximum Gasteiger partial charge on any atom is 0.241 e. The summed E-state index contributed by atoms with van der Waals surface area (Å²) < 4.78 is 8.44. The largest absolute Gasteiger partial charge is 0.473 e. The fourth-order valence-corrected chi connectivity index (χ4v) is 3.68. The summed E-state index contributed by atoms with van der Waals surface area (Å²) in [6.45, 7) is 6.20. The maximum atomic E-state index is 11.6. The van der Waals surface area contributed by atoms with Crippen LogP contribution in [0.4, 0.5) is 0 Å². The lowest BCUT2D eigenvalue weighted by Crippen LogP contribution is -2.26. The zero-order valence-electron chi connectivity index (χ0n) is 18.2. The SMILES string of the molecule is C[C@@H](Oc1nc(C(C=NCC(C)(C)O)=CN)cc2ncn(C3CC3)c12)[C@H]1CNC(=O)C1. The van der Waals surface area contributed by atoms with Crippen LogP contribution < -0.4 is 15.8 Å². The molecule has 3 heterocycles. The topological polar surface area (TPSA) is 128 Å². The van der Waals surface area contributed by atoms with Crippen molar-refractivity contribution in [2.24, 2.45) is 16.6 Å². The first-order valence-corrected chi connectivity index (χ1v) is 10.7. The van der Waals surface area contributed by atoms with Gasteiger partial charge in [0.2, 0.25) is 11.8 Å². The molecule has 1 aliphatic carbocycles. The van der Waals surface area contributed by atoms with Gasteiger partial charge in [0.1, 0.15) is 11.6 Å². The molecule has 31 heavy (non-hydrogen) atoms. The van der Waals surface area contributed by atoms with Crippen LogP contribution in [0.3, 0.4) is 0 Å². The van der Waals surface area contributed by atoms with Crippen molar-refractivity contribution < 1.29 is 14.6 Å². The average molecular weight is 427 g/mol. The molecule has 166 valence electrons. The normalized spacial score (nSPS) is 21.1. The van der Waals surface area contributed by atoms with Crippen molar-refractivity contribution in [2.45, 2.75) is 57.8 Å². The minimum absolute atomic E-state index is 0.0479. The van der Waals surface area contributed by atoms with E-state index in [-0.39, 0.29) is 24.5 Å². The summed E-state index contributed by atoms with van der Waals surface area (Å²) in [4.78, 5) is 25.3. The number of nitrogens with two attached hydrogens (primary N) is 1. The van der Waals surface area contributed by atoms with Crippen LogP contribution in [0.15, 0.2) is 23.6 Å². The number of allylic oxidation sites excluding steroid dienone is 1. The van der Waals surface area contributed by atoms with Crippen LogP contribution in [0.1, 0.15) is 51.8 Å². The van der Waals surface area contributed by atoms with Crippen LogP contribution in [0.5, 0.6) is 5.88 Å². The monoisotopic (exact) mass is 426 g/mol. The van der Waals surface area contributed by atoms with Gasteiger partial charge in [-0.05, 0) is 39.7 Å². The Kier molecular flexibility index (Phi) is 5.70. The van der Waals surface area contributed by atoms with Crippen LogP contribution in [0, 0.1) is 5.92 Å². The molecule has 0 bridgehead atoms. The Morgan fingerprint density at radius 1 is 1.52 bits per heavy atom. The lowest BCUT2D eigenvalue weighted by molar-refractivity contribution is -0.119. The second-order valence-corrected chi connectivity index (χ2v) is 9.06. The highest BCUT2D eigenvalue weighted by molar-refractivity contribution is 6.09. The first-order chi connectivity index (χ1) is 14.7. The average Bonchev–Trinajstić information content (AvgIpc) is 3.30. The third-order valence-electron chi connectivity index (χ3n) is 5.61. The minimum Gasteiger partial charge on any atom is -0.473 e. The first kappa shape index (κ1) is 21.3.